The maximum absolute atomic E-state index is 12.9. The van der Waals surface area contributed by atoms with E-state index in [1.54, 1.807) is 25.1 Å². The maximum Gasteiger partial charge on any atom is 0.338 e. The molecule has 29 heavy (non-hydrogen) atoms. The van der Waals surface area contributed by atoms with E-state index in [1.165, 1.54) is 0 Å². The highest BCUT2D eigenvalue weighted by molar-refractivity contribution is 6.07. The topological polar surface area (TPSA) is 81.0 Å². The lowest BCUT2D eigenvalue weighted by atomic mass is 10.1. The smallest absolute Gasteiger partial charge is 0.338 e. The van der Waals surface area contributed by atoms with Crippen LogP contribution in [0.5, 0.6) is 0 Å². The molecule has 1 amide bonds. The average Bonchev–Trinajstić information content (AvgIpc) is 3.19. The highest BCUT2D eigenvalue weighted by atomic mass is 16.5. The van der Waals surface area contributed by atoms with Crippen LogP contribution in [0, 0.1) is 0 Å². The van der Waals surface area contributed by atoms with Gasteiger partial charge in [0.1, 0.15) is 5.58 Å². The molecule has 2 aromatic carbocycles. The lowest BCUT2D eigenvalue weighted by molar-refractivity contribution is 0.0526. The third kappa shape index (κ3) is 4.09. The van der Waals surface area contributed by atoms with Gasteiger partial charge in [0, 0.05) is 18.5 Å². The van der Waals surface area contributed by atoms with Crippen molar-refractivity contribution in [2.24, 2.45) is 0 Å². The molecule has 4 rings (SSSR count). The SMILES string of the molecule is CCOC(=O)c1ccc(N2CCOCC2)c(NC(=O)c2cc3ccccc3o2)c1. The molecule has 0 radical (unpaired) electrons. The quantitative estimate of drug-likeness (QED) is 0.665. The number of ether oxygens (including phenoxy) is 2. The van der Waals surface area contributed by atoms with Crippen molar-refractivity contribution in [3.63, 3.8) is 0 Å². The second kappa shape index (κ2) is 8.36. The number of furan rings is 1. The van der Waals surface area contributed by atoms with E-state index in [2.05, 4.69) is 10.2 Å². The van der Waals surface area contributed by atoms with Crippen LogP contribution in [0.4, 0.5) is 11.4 Å². The number of nitrogens with one attached hydrogen (secondary N) is 1. The van der Waals surface area contributed by atoms with E-state index < -0.39 is 5.97 Å². The Bertz CT molecular complexity index is 1000. The van der Waals surface area contributed by atoms with Gasteiger partial charge in [-0.3, -0.25) is 4.79 Å². The van der Waals surface area contributed by atoms with Crippen molar-refractivity contribution in [1.82, 2.24) is 0 Å². The Balaban J connectivity index is 1.65. The first-order valence-corrected chi connectivity index (χ1v) is 9.59. The van der Waals surface area contributed by atoms with Gasteiger partial charge in [-0.2, -0.15) is 0 Å². The van der Waals surface area contributed by atoms with E-state index >= 15 is 0 Å². The van der Waals surface area contributed by atoms with Crippen molar-refractivity contribution in [1.29, 1.82) is 0 Å². The normalized spacial score (nSPS) is 14.0. The zero-order valence-corrected chi connectivity index (χ0v) is 16.1. The molecule has 3 aromatic rings. The highest BCUT2D eigenvalue weighted by Crippen LogP contribution is 2.29. The van der Waals surface area contributed by atoms with Gasteiger partial charge in [-0.05, 0) is 37.3 Å². The lowest BCUT2D eigenvalue weighted by Gasteiger charge is -2.30. The van der Waals surface area contributed by atoms with Crippen LogP contribution in [0.15, 0.2) is 52.9 Å². The number of anilines is 2. The molecule has 7 nitrogen and oxygen atoms in total. The largest absolute Gasteiger partial charge is 0.462 e. The van der Waals surface area contributed by atoms with Gasteiger partial charge in [0.25, 0.3) is 5.91 Å². The number of rotatable bonds is 5. The number of para-hydroxylation sites is 1. The van der Waals surface area contributed by atoms with Gasteiger partial charge < -0.3 is 24.1 Å². The van der Waals surface area contributed by atoms with Gasteiger partial charge >= 0.3 is 5.97 Å². The second-order valence-corrected chi connectivity index (χ2v) is 6.65. The van der Waals surface area contributed by atoms with E-state index in [9.17, 15) is 9.59 Å². The molecule has 0 saturated carbocycles. The van der Waals surface area contributed by atoms with E-state index in [4.69, 9.17) is 13.9 Å². The molecule has 0 unspecified atom stereocenters. The molecular formula is C22H22N2O5. The predicted octanol–water partition coefficient (Wildman–Crippen LogP) is 3.70. The molecule has 0 atom stereocenters. The summed E-state index contributed by atoms with van der Waals surface area (Å²) in [5.74, 6) is -0.599. The molecule has 0 aliphatic carbocycles. The fourth-order valence-electron chi connectivity index (χ4n) is 3.34. The van der Waals surface area contributed by atoms with Crippen LogP contribution in [0.25, 0.3) is 11.0 Å². The minimum absolute atomic E-state index is 0.209. The molecule has 1 aliphatic rings. The third-order valence-corrected chi connectivity index (χ3v) is 4.76. The molecule has 0 bridgehead atoms. The molecule has 1 saturated heterocycles. The van der Waals surface area contributed by atoms with Crippen molar-refractivity contribution in [3.05, 3.63) is 59.9 Å². The van der Waals surface area contributed by atoms with Crippen LogP contribution in [0.2, 0.25) is 0 Å². The average molecular weight is 394 g/mol. The van der Waals surface area contributed by atoms with Crippen LogP contribution in [0.1, 0.15) is 27.8 Å². The van der Waals surface area contributed by atoms with Crippen molar-refractivity contribution < 1.29 is 23.5 Å². The summed E-state index contributed by atoms with van der Waals surface area (Å²) in [6, 6.07) is 14.3. The van der Waals surface area contributed by atoms with Gasteiger partial charge in [-0.1, -0.05) is 18.2 Å². The van der Waals surface area contributed by atoms with Crippen LogP contribution < -0.4 is 10.2 Å². The van der Waals surface area contributed by atoms with Gasteiger partial charge in [-0.15, -0.1) is 0 Å². The zero-order valence-electron chi connectivity index (χ0n) is 16.1. The number of fused-ring (bicyclic) bond motifs is 1. The second-order valence-electron chi connectivity index (χ2n) is 6.65. The van der Waals surface area contributed by atoms with Gasteiger partial charge in [0.2, 0.25) is 0 Å². The number of hydrogen-bond acceptors (Lipinski definition) is 6. The number of carbonyl (C=O) groups is 2. The highest BCUT2D eigenvalue weighted by Gasteiger charge is 2.20. The summed E-state index contributed by atoms with van der Waals surface area (Å²) >= 11 is 0. The zero-order chi connectivity index (χ0) is 20.2. The standard InChI is InChI=1S/C22H22N2O5/c1-2-28-22(26)16-7-8-18(24-9-11-27-12-10-24)17(13-16)23-21(25)20-14-15-5-3-4-6-19(15)29-20/h3-8,13-14H,2,9-12H2,1H3,(H,23,25). The minimum Gasteiger partial charge on any atom is -0.462 e. The summed E-state index contributed by atoms with van der Waals surface area (Å²) in [6.45, 7) is 4.65. The number of hydrogen-bond donors (Lipinski definition) is 1. The Hall–Kier alpha value is -3.32. The van der Waals surface area contributed by atoms with Crippen LogP contribution in [-0.4, -0.2) is 44.8 Å². The first-order valence-electron chi connectivity index (χ1n) is 9.59. The van der Waals surface area contributed by atoms with E-state index in [1.807, 2.05) is 30.3 Å². The summed E-state index contributed by atoms with van der Waals surface area (Å²) in [5.41, 5.74) is 2.38. The Labute approximate surface area is 168 Å². The molecule has 1 aliphatic heterocycles. The van der Waals surface area contributed by atoms with E-state index in [0.717, 1.165) is 11.1 Å². The molecule has 1 fully saturated rings. The van der Waals surface area contributed by atoms with Crippen molar-refractivity contribution >= 4 is 34.2 Å². The summed E-state index contributed by atoms with van der Waals surface area (Å²) < 4.78 is 16.2. The molecule has 1 aromatic heterocycles. The Kier molecular flexibility index (Phi) is 5.48. The molecule has 2 heterocycles. The first kappa shape index (κ1) is 19.0. The minimum atomic E-state index is -0.430. The maximum atomic E-state index is 12.9. The number of benzene rings is 2. The number of morpholine rings is 1. The Morgan fingerprint density at radius 3 is 2.66 bits per heavy atom. The first-order chi connectivity index (χ1) is 14.2. The fourth-order valence-corrected chi connectivity index (χ4v) is 3.34. The number of carbonyl (C=O) groups excluding carboxylic acids is 2. The van der Waals surface area contributed by atoms with Crippen molar-refractivity contribution in [3.8, 4) is 0 Å². The predicted molar refractivity (Wildman–Crippen MR) is 110 cm³/mol. The van der Waals surface area contributed by atoms with Crippen LogP contribution in [-0.2, 0) is 9.47 Å². The van der Waals surface area contributed by atoms with Gasteiger partial charge in [0.15, 0.2) is 5.76 Å². The monoisotopic (exact) mass is 394 g/mol. The fraction of sp³-hybridized carbons (Fsp3) is 0.273. The number of esters is 1. The third-order valence-electron chi connectivity index (χ3n) is 4.76. The molecule has 1 N–H and O–H groups in total. The molecule has 7 heteroatoms. The van der Waals surface area contributed by atoms with Gasteiger partial charge in [-0.25, -0.2) is 4.79 Å². The van der Waals surface area contributed by atoms with Gasteiger partial charge in [0.05, 0.1) is 36.8 Å². The number of nitrogens with zero attached hydrogens (tertiary/aromatic N) is 1. The van der Waals surface area contributed by atoms with Crippen molar-refractivity contribution in [2.45, 2.75) is 6.92 Å². The Morgan fingerprint density at radius 1 is 1.10 bits per heavy atom. The molecule has 150 valence electrons. The molecule has 0 spiro atoms. The summed E-state index contributed by atoms with van der Waals surface area (Å²) in [5, 5.41) is 3.75. The summed E-state index contributed by atoms with van der Waals surface area (Å²) in [4.78, 5) is 27.1. The van der Waals surface area contributed by atoms with Crippen LogP contribution in [0.3, 0.4) is 0 Å². The van der Waals surface area contributed by atoms with Crippen LogP contribution >= 0.6 is 0 Å². The summed E-state index contributed by atoms with van der Waals surface area (Å²) in [6.07, 6.45) is 0. The summed E-state index contributed by atoms with van der Waals surface area (Å²) in [7, 11) is 0. The Morgan fingerprint density at radius 2 is 1.90 bits per heavy atom. The number of amides is 1. The van der Waals surface area contributed by atoms with E-state index in [-0.39, 0.29) is 18.3 Å². The molecular weight excluding hydrogens is 372 g/mol. The van der Waals surface area contributed by atoms with Crippen molar-refractivity contribution in [2.75, 3.05) is 43.1 Å². The lowest BCUT2D eigenvalue weighted by Crippen LogP contribution is -2.36. The van der Waals surface area contributed by atoms with E-state index in [0.29, 0.717) is 43.1 Å².